The number of hydrogen-bond acceptors (Lipinski definition) is 2. The van der Waals surface area contributed by atoms with Crippen LogP contribution in [0.4, 0.5) is 5.82 Å². The maximum absolute atomic E-state index is 4.32. The lowest BCUT2D eigenvalue weighted by Crippen LogP contribution is -2.18. The summed E-state index contributed by atoms with van der Waals surface area (Å²) in [6.07, 6.45) is 9.51. The summed E-state index contributed by atoms with van der Waals surface area (Å²) in [6, 6.07) is 2.03. The van der Waals surface area contributed by atoms with Gasteiger partial charge in [-0.2, -0.15) is 5.10 Å². The number of nitrogens with one attached hydrogen (secondary N) is 1. The first-order valence-corrected chi connectivity index (χ1v) is 5.73. The molecule has 0 amide bonds. The molecule has 0 unspecified atom stereocenters. The van der Waals surface area contributed by atoms with Crippen LogP contribution < -0.4 is 5.32 Å². The fourth-order valence-corrected chi connectivity index (χ4v) is 2.87. The quantitative estimate of drug-likeness (QED) is 0.762. The standard InChI is InChI=1S/C12H17N3/c1-15-5-4-12(14-15)13-8-11-7-9-2-3-10(11)6-9/h2-5,9-11H,6-8H2,1H3,(H,13,14)/t9-,10+,11-/m1/s1. The number of aryl methyl sites for hydroxylation is 1. The van der Waals surface area contributed by atoms with Crippen LogP contribution in [0.1, 0.15) is 12.8 Å². The van der Waals surface area contributed by atoms with Gasteiger partial charge in [0.25, 0.3) is 0 Å². The first kappa shape index (κ1) is 9.01. The normalized spacial score (nSPS) is 32.5. The molecule has 0 saturated heterocycles. The van der Waals surface area contributed by atoms with Gasteiger partial charge in [-0.1, -0.05) is 12.2 Å². The second-order valence-corrected chi connectivity index (χ2v) is 4.80. The molecule has 2 bridgehead atoms. The van der Waals surface area contributed by atoms with Gasteiger partial charge < -0.3 is 5.32 Å². The van der Waals surface area contributed by atoms with E-state index in [4.69, 9.17) is 0 Å². The Bertz CT molecular complexity index is 380. The third-order valence-corrected chi connectivity index (χ3v) is 3.68. The largest absolute Gasteiger partial charge is 0.368 e. The van der Waals surface area contributed by atoms with E-state index in [-0.39, 0.29) is 0 Å². The summed E-state index contributed by atoms with van der Waals surface area (Å²) in [5, 5.41) is 7.75. The highest BCUT2D eigenvalue weighted by Crippen LogP contribution is 2.43. The van der Waals surface area contributed by atoms with Crippen LogP contribution in [0.15, 0.2) is 24.4 Å². The fourth-order valence-electron chi connectivity index (χ4n) is 2.87. The van der Waals surface area contributed by atoms with Crippen molar-refractivity contribution >= 4 is 5.82 Å². The molecule has 80 valence electrons. The molecule has 2 aliphatic rings. The van der Waals surface area contributed by atoms with Crippen molar-refractivity contribution in [3.05, 3.63) is 24.4 Å². The molecular weight excluding hydrogens is 186 g/mol. The van der Waals surface area contributed by atoms with Gasteiger partial charge in [0.15, 0.2) is 0 Å². The van der Waals surface area contributed by atoms with E-state index in [2.05, 4.69) is 22.6 Å². The Labute approximate surface area is 90.2 Å². The maximum Gasteiger partial charge on any atom is 0.147 e. The number of nitrogens with zero attached hydrogens (tertiary/aromatic N) is 2. The van der Waals surface area contributed by atoms with Gasteiger partial charge in [0.05, 0.1) is 0 Å². The predicted molar refractivity (Wildman–Crippen MR) is 60.5 cm³/mol. The zero-order valence-electron chi connectivity index (χ0n) is 9.06. The molecule has 2 aliphatic carbocycles. The summed E-state index contributed by atoms with van der Waals surface area (Å²) >= 11 is 0. The highest BCUT2D eigenvalue weighted by atomic mass is 15.3. The van der Waals surface area contributed by atoms with Crippen LogP contribution in [0.5, 0.6) is 0 Å². The summed E-state index contributed by atoms with van der Waals surface area (Å²) in [5.41, 5.74) is 0. The molecule has 3 heteroatoms. The minimum absolute atomic E-state index is 0.821. The minimum Gasteiger partial charge on any atom is -0.368 e. The van der Waals surface area contributed by atoms with Crippen molar-refractivity contribution < 1.29 is 0 Å². The van der Waals surface area contributed by atoms with E-state index in [0.29, 0.717) is 0 Å². The number of aromatic nitrogens is 2. The molecule has 0 radical (unpaired) electrons. The second kappa shape index (κ2) is 3.40. The molecule has 3 rings (SSSR count). The zero-order chi connectivity index (χ0) is 10.3. The van der Waals surface area contributed by atoms with E-state index in [0.717, 1.165) is 30.1 Å². The van der Waals surface area contributed by atoms with Crippen LogP contribution in [0, 0.1) is 17.8 Å². The zero-order valence-corrected chi connectivity index (χ0v) is 9.06. The van der Waals surface area contributed by atoms with Crippen molar-refractivity contribution in [1.29, 1.82) is 0 Å². The van der Waals surface area contributed by atoms with Crippen LogP contribution in [0.2, 0.25) is 0 Å². The third-order valence-electron chi connectivity index (χ3n) is 3.68. The number of anilines is 1. The van der Waals surface area contributed by atoms with E-state index in [1.165, 1.54) is 12.8 Å². The molecule has 0 aromatic carbocycles. The summed E-state index contributed by atoms with van der Waals surface area (Å²) in [4.78, 5) is 0. The van der Waals surface area contributed by atoms with Crippen LogP contribution in [-0.2, 0) is 7.05 Å². The lowest BCUT2D eigenvalue weighted by Gasteiger charge is -2.18. The van der Waals surface area contributed by atoms with Crippen LogP contribution in [-0.4, -0.2) is 16.3 Å². The molecule has 3 atom stereocenters. The highest BCUT2D eigenvalue weighted by molar-refractivity contribution is 5.32. The predicted octanol–water partition coefficient (Wildman–Crippen LogP) is 2.04. The van der Waals surface area contributed by atoms with Crippen molar-refractivity contribution in [2.24, 2.45) is 24.8 Å². The summed E-state index contributed by atoms with van der Waals surface area (Å²) in [6.45, 7) is 1.07. The SMILES string of the molecule is Cn1ccc(NC[C@H]2C[C@@H]3C=C[C@H]2C3)n1. The van der Waals surface area contributed by atoms with Gasteiger partial charge >= 0.3 is 0 Å². The second-order valence-electron chi connectivity index (χ2n) is 4.80. The average Bonchev–Trinajstić information content (AvgIpc) is 2.90. The number of allylic oxidation sites excluding steroid dienone is 2. The van der Waals surface area contributed by atoms with Gasteiger partial charge in [-0.25, -0.2) is 0 Å². The van der Waals surface area contributed by atoms with Crippen molar-refractivity contribution in [3.63, 3.8) is 0 Å². The van der Waals surface area contributed by atoms with Gasteiger partial charge in [-0.15, -0.1) is 0 Å². The molecule has 1 N–H and O–H groups in total. The maximum atomic E-state index is 4.32. The van der Waals surface area contributed by atoms with Crippen molar-refractivity contribution in [3.8, 4) is 0 Å². The van der Waals surface area contributed by atoms with E-state index < -0.39 is 0 Å². The van der Waals surface area contributed by atoms with E-state index in [1.54, 1.807) is 0 Å². The molecule has 15 heavy (non-hydrogen) atoms. The first-order valence-electron chi connectivity index (χ1n) is 5.73. The third kappa shape index (κ3) is 1.66. The number of hydrogen-bond donors (Lipinski definition) is 1. The Balaban J connectivity index is 1.57. The Kier molecular flexibility index (Phi) is 2.04. The topological polar surface area (TPSA) is 29.9 Å². The Hall–Kier alpha value is -1.25. The number of fused-ring (bicyclic) bond motifs is 2. The summed E-state index contributed by atoms with van der Waals surface area (Å²) in [7, 11) is 1.95. The molecule has 1 aromatic heterocycles. The van der Waals surface area contributed by atoms with E-state index in [9.17, 15) is 0 Å². The Morgan fingerprint density at radius 2 is 2.40 bits per heavy atom. The van der Waals surface area contributed by atoms with Gasteiger partial charge in [-0.05, 0) is 30.6 Å². The van der Waals surface area contributed by atoms with Crippen molar-refractivity contribution in [1.82, 2.24) is 9.78 Å². The summed E-state index contributed by atoms with van der Waals surface area (Å²) in [5.74, 6) is 3.52. The summed E-state index contributed by atoms with van der Waals surface area (Å²) < 4.78 is 1.84. The molecule has 1 aromatic rings. The molecule has 1 heterocycles. The van der Waals surface area contributed by atoms with Gasteiger partial charge in [0.1, 0.15) is 5.82 Å². The average molecular weight is 203 g/mol. The van der Waals surface area contributed by atoms with E-state index >= 15 is 0 Å². The fraction of sp³-hybridized carbons (Fsp3) is 0.583. The lowest BCUT2D eigenvalue weighted by atomic mass is 9.94. The Morgan fingerprint density at radius 1 is 1.47 bits per heavy atom. The van der Waals surface area contributed by atoms with Gasteiger partial charge in [0.2, 0.25) is 0 Å². The lowest BCUT2D eigenvalue weighted by molar-refractivity contribution is 0.471. The smallest absolute Gasteiger partial charge is 0.147 e. The van der Waals surface area contributed by atoms with Crippen molar-refractivity contribution in [2.45, 2.75) is 12.8 Å². The molecule has 0 spiro atoms. The van der Waals surface area contributed by atoms with Crippen LogP contribution in [0.3, 0.4) is 0 Å². The first-order chi connectivity index (χ1) is 7.31. The highest BCUT2D eigenvalue weighted by Gasteiger charge is 2.35. The molecule has 3 nitrogen and oxygen atoms in total. The molecule has 1 fully saturated rings. The molecule has 0 aliphatic heterocycles. The van der Waals surface area contributed by atoms with Crippen LogP contribution >= 0.6 is 0 Å². The number of rotatable bonds is 3. The van der Waals surface area contributed by atoms with Crippen molar-refractivity contribution in [2.75, 3.05) is 11.9 Å². The van der Waals surface area contributed by atoms with E-state index in [1.807, 2.05) is 24.0 Å². The molecule has 1 saturated carbocycles. The van der Waals surface area contributed by atoms with Gasteiger partial charge in [-0.3, -0.25) is 4.68 Å². The van der Waals surface area contributed by atoms with Gasteiger partial charge in [0, 0.05) is 25.9 Å². The Morgan fingerprint density at radius 3 is 3.00 bits per heavy atom. The van der Waals surface area contributed by atoms with Crippen LogP contribution in [0.25, 0.3) is 0 Å². The minimum atomic E-state index is 0.821. The molecular formula is C12H17N3. The monoisotopic (exact) mass is 203 g/mol.